The van der Waals surface area contributed by atoms with Crippen LogP contribution in [0.4, 0.5) is 0 Å². The Bertz CT molecular complexity index is 4210. The van der Waals surface area contributed by atoms with Gasteiger partial charge in [-0.05, 0) is 149 Å². The molecule has 0 amide bonds. The Morgan fingerprint density at radius 1 is 0.375 bits per heavy atom. The van der Waals surface area contributed by atoms with Gasteiger partial charge < -0.3 is 99.2 Å². The molecular formula is C82H96N4O18. The van der Waals surface area contributed by atoms with Gasteiger partial charge in [0.25, 0.3) is 0 Å². The minimum atomic E-state index is -1.24. The lowest BCUT2D eigenvalue weighted by Crippen LogP contribution is -2.80. The van der Waals surface area contributed by atoms with Crippen LogP contribution < -0.4 is 18.9 Å². The Balaban J connectivity index is 0.0000000896. The minimum Gasteiger partial charge on any atom is -0.632 e. The van der Waals surface area contributed by atoms with Crippen molar-refractivity contribution < 1.29 is 88.0 Å². The Morgan fingerprint density at radius 2 is 0.673 bits per heavy atom. The van der Waals surface area contributed by atoms with Crippen LogP contribution in [0.2, 0.25) is 0 Å². The van der Waals surface area contributed by atoms with E-state index >= 15 is 0 Å². The van der Waals surface area contributed by atoms with Gasteiger partial charge in [-0.15, -0.1) is 0 Å². The third-order valence-corrected chi connectivity index (χ3v) is 31.8. The highest BCUT2D eigenvalue weighted by Gasteiger charge is 2.80. The quantitative estimate of drug-likeness (QED) is 0.0469. The summed E-state index contributed by atoms with van der Waals surface area (Å²) in [7, 11) is 0. The first-order chi connectivity index (χ1) is 49.6. The molecule has 22 heteroatoms. The first-order valence-corrected chi connectivity index (χ1v) is 39.3. The molecule has 12 unspecified atom stereocenters. The molecule has 24 rings (SSSR count). The fourth-order valence-corrected chi connectivity index (χ4v) is 26.4. The fraction of sp³-hybridized carbons (Fsp3) is 0.634. The zero-order valence-corrected chi connectivity index (χ0v) is 59.0. The topological polar surface area (TPSA) is 325 Å². The van der Waals surface area contributed by atoms with Crippen LogP contribution >= 0.6 is 0 Å². The van der Waals surface area contributed by atoms with E-state index in [0.717, 1.165) is 119 Å². The van der Waals surface area contributed by atoms with Crippen molar-refractivity contribution in [3.05, 3.63) is 138 Å². The third kappa shape index (κ3) is 8.07. The number of quaternary nitrogens is 4. The van der Waals surface area contributed by atoms with Crippen LogP contribution in [0.15, 0.2) is 72.8 Å². The summed E-state index contributed by atoms with van der Waals surface area (Å²) in [4.78, 5) is 25.4. The Morgan fingerprint density at radius 3 is 1.00 bits per heavy atom. The van der Waals surface area contributed by atoms with E-state index in [1.165, 1.54) is 0 Å². The molecule has 0 radical (unpaired) electrons. The summed E-state index contributed by atoms with van der Waals surface area (Å²) >= 11 is 0. The van der Waals surface area contributed by atoms with Crippen molar-refractivity contribution in [1.29, 1.82) is 0 Å². The number of hydrogen-bond acceptors (Lipinski definition) is 18. The van der Waals surface area contributed by atoms with Crippen molar-refractivity contribution in [3.8, 4) is 46.0 Å². The van der Waals surface area contributed by atoms with E-state index in [1.807, 2.05) is 24.3 Å². The molecule has 4 aromatic carbocycles. The van der Waals surface area contributed by atoms with Crippen molar-refractivity contribution in [2.45, 2.75) is 247 Å². The maximum atomic E-state index is 13.9. The van der Waals surface area contributed by atoms with Gasteiger partial charge in [0.1, 0.15) is 81.8 Å². The zero-order valence-electron chi connectivity index (χ0n) is 59.0. The van der Waals surface area contributed by atoms with Gasteiger partial charge in [-0.3, -0.25) is 9.59 Å². The second kappa shape index (κ2) is 20.9. The average molecular weight is 1430 g/mol. The van der Waals surface area contributed by atoms with Gasteiger partial charge in [-0.25, -0.2) is 0 Å². The number of likely N-dealkylation sites (tertiary alicyclic amines) is 4. The summed E-state index contributed by atoms with van der Waals surface area (Å²) in [6, 6.07) is 12.1. The second-order valence-corrected chi connectivity index (χ2v) is 36.7. The molecule has 8 saturated carbocycles. The number of hydroxylamine groups is 12. The van der Waals surface area contributed by atoms with Crippen LogP contribution in [0.5, 0.6) is 46.0 Å². The lowest BCUT2D eigenvalue weighted by molar-refractivity contribution is -0.924. The summed E-state index contributed by atoms with van der Waals surface area (Å²) < 4.78 is 23.2. The van der Waals surface area contributed by atoms with E-state index in [-0.39, 0.29) is 78.2 Å². The lowest BCUT2D eigenvalue weighted by Gasteiger charge is -2.67. The molecule has 12 fully saturated rings. The van der Waals surface area contributed by atoms with E-state index in [4.69, 9.17) is 18.9 Å². The van der Waals surface area contributed by atoms with Crippen LogP contribution in [0, 0.1) is 44.5 Å². The maximum Gasteiger partial charge on any atom is 0.174 e. The van der Waals surface area contributed by atoms with E-state index in [1.54, 1.807) is 24.3 Å². The predicted molar refractivity (Wildman–Crippen MR) is 375 cm³/mol. The number of ether oxygens (including phenoxy) is 4. The van der Waals surface area contributed by atoms with Crippen LogP contribution in [0.25, 0.3) is 0 Å². The zero-order chi connectivity index (χ0) is 71.6. The molecule has 8 N–H and O–H groups in total. The van der Waals surface area contributed by atoms with Gasteiger partial charge in [-0.2, -0.15) is 0 Å². The molecule has 4 aromatic rings. The van der Waals surface area contributed by atoms with Crippen molar-refractivity contribution in [1.82, 2.24) is 0 Å². The molecule has 12 aliphatic carbocycles. The minimum absolute atomic E-state index is 0.0209. The molecule has 20 aliphatic rings. The van der Waals surface area contributed by atoms with Gasteiger partial charge in [0.2, 0.25) is 0 Å². The molecule has 8 aliphatic heterocycles. The number of benzene rings is 4. The highest BCUT2D eigenvalue weighted by molar-refractivity contribution is 5.91. The lowest BCUT2D eigenvalue weighted by atomic mass is 9.48. The van der Waals surface area contributed by atoms with E-state index < -0.39 is 80.4 Å². The molecule has 0 aromatic heterocycles. The number of rotatable bonds is 8. The molecule has 8 heterocycles. The molecule has 4 spiro atoms. The number of nitrogens with zero attached hydrogens (tertiary/aromatic N) is 4. The van der Waals surface area contributed by atoms with Crippen LogP contribution in [0.1, 0.15) is 173 Å². The fourth-order valence-electron chi connectivity index (χ4n) is 26.4. The van der Waals surface area contributed by atoms with Crippen LogP contribution in [-0.2, 0) is 56.9 Å². The SMILES string of the molecule is C=C1CCC2(O)C3Cc4c(O)ccc5c4[C@@]2(CC[N@+]3([O-])CC2CC2)C1O5.C=C1CCC2(O)C3Cc4c(O)ccc5c4[C@@]2(CC[N@@+]3([O-])CC2CC2)C1O5.O=C1CCC2(O)C3Cc4ccc(O)c5c4[C@]2(CC[N@+]3([O-])CC2CC2)C1O5.O=C1CCC2(O)C3Cc4ccc(O)c5c4[C@]2(CC[N@@+]3([O-])CC2CC2)C1O5. The molecule has 20 atom stereocenters. The molecule has 552 valence electrons. The highest BCUT2D eigenvalue weighted by atomic mass is 16.6. The number of ketones is 2. The number of phenols is 4. The number of Topliss-reactive ketones (excluding diaryl/α,β-unsaturated/α-hetero) is 2. The van der Waals surface area contributed by atoms with E-state index in [0.29, 0.717) is 177 Å². The Labute approximate surface area is 603 Å². The van der Waals surface area contributed by atoms with Crippen molar-refractivity contribution in [2.75, 3.05) is 52.4 Å². The van der Waals surface area contributed by atoms with Gasteiger partial charge >= 0.3 is 0 Å². The van der Waals surface area contributed by atoms with Gasteiger partial charge in [0.05, 0.1) is 74.0 Å². The molecule has 4 saturated heterocycles. The second-order valence-electron chi connectivity index (χ2n) is 36.7. The Hall–Kier alpha value is -6.38. The van der Waals surface area contributed by atoms with E-state index in [9.17, 15) is 71.3 Å². The summed E-state index contributed by atoms with van der Waals surface area (Å²) in [5.74, 6) is 4.64. The normalized spacial score (nSPS) is 45.2. The van der Waals surface area contributed by atoms with Crippen LogP contribution in [0.3, 0.4) is 0 Å². The molecule has 22 nitrogen and oxygen atoms in total. The molecular weight excluding hydrogens is 1330 g/mol. The summed E-state index contributed by atoms with van der Waals surface area (Å²) in [5, 5.41) is 145. The number of aliphatic hydroxyl groups is 4. The third-order valence-electron chi connectivity index (χ3n) is 31.8. The van der Waals surface area contributed by atoms with E-state index in [2.05, 4.69) is 13.2 Å². The smallest absolute Gasteiger partial charge is 0.174 e. The van der Waals surface area contributed by atoms with Crippen molar-refractivity contribution in [2.24, 2.45) is 23.7 Å². The number of aromatic hydroxyl groups is 4. The maximum absolute atomic E-state index is 13.9. The van der Waals surface area contributed by atoms with Crippen molar-refractivity contribution in [3.63, 3.8) is 0 Å². The van der Waals surface area contributed by atoms with Gasteiger partial charge in [-0.1, -0.05) is 25.3 Å². The molecule has 8 bridgehead atoms. The number of carbonyl (C=O) groups excluding carboxylic acids is 2. The number of hydrogen-bond donors (Lipinski definition) is 8. The van der Waals surface area contributed by atoms with Crippen LogP contribution in [-0.4, -0.2) is 194 Å². The first kappa shape index (κ1) is 65.9. The highest BCUT2D eigenvalue weighted by Crippen LogP contribution is 2.72. The summed E-state index contributed by atoms with van der Waals surface area (Å²) in [6.07, 6.45) is 14.4. The number of piperidine rings is 4. The summed E-state index contributed by atoms with van der Waals surface area (Å²) in [5.41, 5.74) is 1.44. The number of phenolic OH excluding ortho intramolecular Hbond substituents is 4. The summed E-state index contributed by atoms with van der Waals surface area (Å²) in [6.45, 7) is 12.7. The van der Waals surface area contributed by atoms with Crippen molar-refractivity contribution >= 4 is 11.6 Å². The number of carbonyl (C=O) groups is 2. The average Bonchev–Trinajstić information content (AvgIpc) is 1.40. The van der Waals surface area contributed by atoms with Gasteiger partial charge in [0, 0.05) is 121 Å². The first-order valence-electron chi connectivity index (χ1n) is 39.3. The standard InChI is InChI=1S/2C21H25NO4.2C20H23NO5/c2*1-12-6-7-21(24)17-10-14-15(23)4-5-16-18(14)20(21,19(12)26-16)8-9-22(17,25)11-13-2-3-13;2*22-13-4-3-12-9-15-20(24)6-5-14(23)18-19(20,16(12)17(13)26-18)7-8-21(15,25)10-11-1-2-11/h2*4-5,13,17,19,23-24H,1-3,6-11H2;2*3-4,11,15,18,22,24H,1-2,5-10H2/t17?,19?,20-,21?,22+;17?,19?,20-,21?,22-;15?,18?,19-,20?,21+;15?,18?,19-,20?,21-/m0011/s1. The molecule has 104 heavy (non-hydrogen) atoms. The Kier molecular flexibility index (Phi) is 13.2. The van der Waals surface area contributed by atoms with Gasteiger partial charge in [0.15, 0.2) is 46.8 Å². The monoisotopic (exact) mass is 1420 g/mol. The predicted octanol–water partition coefficient (Wildman–Crippen LogP) is 8.13. The largest absolute Gasteiger partial charge is 0.632 e.